The molecule has 0 fully saturated rings. The van der Waals surface area contributed by atoms with Gasteiger partial charge in [0.05, 0.1) is 24.1 Å². The van der Waals surface area contributed by atoms with E-state index in [9.17, 15) is 14.7 Å². The molecule has 0 aliphatic rings. The number of H-pyrrole nitrogens is 2. The summed E-state index contributed by atoms with van der Waals surface area (Å²) in [6.45, 7) is 4.05. The average Bonchev–Trinajstić information content (AvgIpc) is 3.17. The number of carboxylic acid groups (broad SMARTS) is 1. The van der Waals surface area contributed by atoms with Crippen LogP contribution in [0.15, 0.2) is 47.5 Å². The van der Waals surface area contributed by atoms with E-state index >= 15 is 0 Å². The van der Waals surface area contributed by atoms with Gasteiger partial charge in [-0.3, -0.25) is 4.79 Å². The molecule has 0 saturated heterocycles. The Morgan fingerprint density at radius 3 is 2.79 bits per heavy atom. The molecule has 3 N–H and O–H groups in total. The number of nitrogens with one attached hydrogen (secondary N) is 2. The van der Waals surface area contributed by atoms with E-state index in [1.54, 1.807) is 25.1 Å². The number of carboxylic acids is 1. The van der Waals surface area contributed by atoms with Crippen LogP contribution in [-0.4, -0.2) is 37.6 Å². The summed E-state index contributed by atoms with van der Waals surface area (Å²) < 4.78 is 5.80. The molecule has 0 atom stereocenters. The number of nitrogens with zero attached hydrogens (tertiary/aromatic N) is 2. The number of carbonyl (C=O) groups is 1. The number of aromatic carboxylic acids is 1. The van der Waals surface area contributed by atoms with Gasteiger partial charge < -0.3 is 19.8 Å². The Bertz CT molecular complexity index is 1290. The largest absolute Gasteiger partial charge is 0.493 e. The molecule has 0 saturated carbocycles. The van der Waals surface area contributed by atoms with Crippen molar-refractivity contribution in [3.63, 3.8) is 0 Å². The van der Waals surface area contributed by atoms with Crippen molar-refractivity contribution in [3.05, 3.63) is 64.2 Å². The van der Waals surface area contributed by atoms with Crippen molar-refractivity contribution < 1.29 is 14.6 Å². The maximum absolute atomic E-state index is 12.3. The van der Waals surface area contributed by atoms with Crippen molar-refractivity contribution >= 4 is 17.1 Å². The van der Waals surface area contributed by atoms with Crippen LogP contribution in [0.4, 0.5) is 0 Å². The van der Waals surface area contributed by atoms with Crippen molar-refractivity contribution in [2.75, 3.05) is 6.61 Å². The number of rotatable bonds is 5. The number of aromatic amines is 2. The lowest BCUT2D eigenvalue weighted by Crippen LogP contribution is -2.10. The number of imidazole rings is 1. The van der Waals surface area contributed by atoms with Gasteiger partial charge in [0.25, 0.3) is 5.56 Å². The second-order valence-electron chi connectivity index (χ2n) is 6.44. The van der Waals surface area contributed by atoms with Crippen LogP contribution in [0.2, 0.25) is 0 Å². The van der Waals surface area contributed by atoms with Crippen molar-refractivity contribution in [1.29, 1.82) is 0 Å². The first-order chi connectivity index (χ1) is 14.0. The third-order valence-corrected chi connectivity index (χ3v) is 4.71. The highest BCUT2D eigenvalue weighted by atomic mass is 16.5. The zero-order chi connectivity index (χ0) is 20.5. The number of benzene rings is 2. The van der Waals surface area contributed by atoms with Crippen molar-refractivity contribution in [2.45, 2.75) is 13.8 Å². The van der Waals surface area contributed by atoms with Gasteiger partial charge in [0, 0.05) is 0 Å². The van der Waals surface area contributed by atoms with Crippen LogP contribution in [0.5, 0.6) is 5.75 Å². The summed E-state index contributed by atoms with van der Waals surface area (Å²) in [6, 6.07) is 10.6. The van der Waals surface area contributed by atoms with Crippen molar-refractivity contribution in [2.24, 2.45) is 0 Å². The molecule has 2 heterocycles. The van der Waals surface area contributed by atoms with E-state index < -0.39 is 5.97 Å². The van der Waals surface area contributed by atoms with Crippen LogP contribution in [0.3, 0.4) is 0 Å². The Morgan fingerprint density at radius 2 is 2.03 bits per heavy atom. The van der Waals surface area contributed by atoms with Gasteiger partial charge in [-0.2, -0.15) is 0 Å². The molecule has 146 valence electrons. The highest BCUT2D eigenvalue weighted by Crippen LogP contribution is 2.34. The summed E-state index contributed by atoms with van der Waals surface area (Å²) in [5.74, 6) is -0.0937. The summed E-state index contributed by atoms with van der Waals surface area (Å²) in [4.78, 5) is 37.7. The Labute approximate surface area is 165 Å². The molecule has 8 heteroatoms. The normalized spacial score (nSPS) is 11.0. The number of ether oxygens (including phenoxy) is 1. The molecule has 4 aromatic rings. The van der Waals surface area contributed by atoms with Crippen LogP contribution in [0.1, 0.15) is 22.8 Å². The fraction of sp³-hybridized carbons (Fsp3) is 0.143. The first-order valence-corrected chi connectivity index (χ1v) is 9.03. The van der Waals surface area contributed by atoms with Gasteiger partial charge in [0.15, 0.2) is 11.2 Å². The Kier molecular flexibility index (Phi) is 4.59. The molecule has 0 bridgehead atoms. The zero-order valence-corrected chi connectivity index (χ0v) is 15.8. The maximum Gasteiger partial charge on any atom is 0.335 e. The van der Waals surface area contributed by atoms with Gasteiger partial charge >= 0.3 is 5.97 Å². The second-order valence-corrected chi connectivity index (χ2v) is 6.44. The monoisotopic (exact) mass is 390 g/mol. The maximum atomic E-state index is 12.3. The lowest BCUT2D eigenvalue weighted by Gasteiger charge is -2.14. The minimum Gasteiger partial charge on any atom is -0.493 e. The molecule has 2 aromatic carbocycles. The molecule has 8 nitrogen and oxygen atoms in total. The third kappa shape index (κ3) is 3.25. The molecule has 0 aliphatic carbocycles. The molecule has 0 spiro atoms. The summed E-state index contributed by atoms with van der Waals surface area (Å²) in [7, 11) is 0. The number of hydrogen-bond acceptors (Lipinski definition) is 5. The Morgan fingerprint density at radius 1 is 1.21 bits per heavy atom. The first-order valence-electron chi connectivity index (χ1n) is 9.03. The van der Waals surface area contributed by atoms with E-state index in [2.05, 4.69) is 19.9 Å². The quantitative estimate of drug-likeness (QED) is 0.480. The van der Waals surface area contributed by atoms with Gasteiger partial charge in [0.2, 0.25) is 0 Å². The molecule has 4 rings (SSSR count). The smallest absolute Gasteiger partial charge is 0.335 e. The summed E-state index contributed by atoms with van der Waals surface area (Å²) in [6.07, 6.45) is 1.42. The number of hydrogen-bond donors (Lipinski definition) is 3. The number of aromatic nitrogens is 4. The van der Waals surface area contributed by atoms with Crippen molar-refractivity contribution in [1.82, 2.24) is 19.9 Å². The van der Waals surface area contributed by atoms with Gasteiger partial charge in [-0.1, -0.05) is 18.2 Å². The summed E-state index contributed by atoms with van der Waals surface area (Å²) in [5.41, 5.74) is 3.44. The fourth-order valence-electron chi connectivity index (χ4n) is 3.31. The minimum absolute atomic E-state index is 0.250. The van der Waals surface area contributed by atoms with Gasteiger partial charge in [-0.15, -0.1) is 0 Å². The highest BCUT2D eigenvalue weighted by molar-refractivity contribution is 5.92. The minimum atomic E-state index is -0.972. The van der Waals surface area contributed by atoms with E-state index in [0.717, 1.165) is 11.1 Å². The highest BCUT2D eigenvalue weighted by Gasteiger charge is 2.16. The van der Waals surface area contributed by atoms with Crippen LogP contribution in [0, 0.1) is 6.92 Å². The van der Waals surface area contributed by atoms with Crippen LogP contribution in [0.25, 0.3) is 33.7 Å². The molecule has 0 aliphatic heterocycles. The first kappa shape index (κ1) is 18.4. The molecule has 0 amide bonds. The van der Waals surface area contributed by atoms with Gasteiger partial charge in [-0.25, -0.2) is 14.8 Å². The lowest BCUT2D eigenvalue weighted by molar-refractivity contribution is 0.0696. The SMILES string of the molecule is CCOc1cc(-c2cccc(C(=O)O)c2C)ccc1-c1nc2nc[nH]c2c(=O)[nH]1. The van der Waals surface area contributed by atoms with E-state index in [4.69, 9.17) is 4.74 Å². The van der Waals surface area contributed by atoms with E-state index in [1.165, 1.54) is 6.33 Å². The molecule has 2 aromatic heterocycles. The molecule has 29 heavy (non-hydrogen) atoms. The van der Waals surface area contributed by atoms with Crippen LogP contribution >= 0.6 is 0 Å². The van der Waals surface area contributed by atoms with E-state index in [1.807, 2.05) is 25.1 Å². The van der Waals surface area contributed by atoms with Crippen LogP contribution in [-0.2, 0) is 0 Å². The second kappa shape index (κ2) is 7.23. The third-order valence-electron chi connectivity index (χ3n) is 4.71. The molecule has 0 unspecified atom stereocenters. The van der Waals surface area contributed by atoms with Crippen molar-refractivity contribution in [3.8, 4) is 28.3 Å². The van der Waals surface area contributed by atoms with E-state index in [0.29, 0.717) is 40.5 Å². The lowest BCUT2D eigenvalue weighted by atomic mass is 9.95. The van der Waals surface area contributed by atoms with Crippen LogP contribution < -0.4 is 10.3 Å². The van der Waals surface area contributed by atoms with Gasteiger partial charge in [-0.05, 0) is 48.7 Å². The summed E-state index contributed by atoms with van der Waals surface area (Å²) in [5, 5.41) is 9.39. The Balaban J connectivity index is 1.87. The molecular weight excluding hydrogens is 372 g/mol. The van der Waals surface area contributed by atoms with E-state index in [-0.39, 0.29) is 11.1 Å². The average molecular weight is 390 g/mol. The molecular formula is C21H18N4O4. The topological polar surface area (TPSA) is 121 Å². The number of fused-ring (bicyclic) bond motifs is 1. The predicted molar refractivity (Wildman–Crippen MR) is 108 cm³/mol. The van der Waals surface area contributed by atoms with Gasteiger partial charge in [0.1, 0.15) is 11.6 Å². The molecule has 0 radical (unpaired) electrons. The summed E-state index contributed by atoms with van der Waals surface area (Å²) >= 11 is 0. The fourth-order valence-corrected chi connectivity index (χ4v) is 3.31. The predicted octanol–water partition coefficient (Wildman–Crippen LogP) is 3.39. The zero-order valence-electron chi connectivity index (χ0n) is 15.8. The Hall–Kier alpha value is -3.94. The standard InChI is InChI=1S/C21H18N4O4/c1-3-29-16-9-12(13-5-4-6-14(11(13)2)21(27)28)7-8-15(16)18-24-19-17(20(26)25-18)22-10-23-19/h4-10H,3H2,1-2H3,(H,27,28)(H2,22,23,24,25,26).